The van der Waals surface area contributed by atoms with E-state index in [1.807, 2.05) is 0 Å². The van der Waals surface area contributed by atoms with Crippen LogP contribution in [0.1, 0.15) is 11.4 Å². The molecule has 0 aromatic carbocycles. The highest BCUT2D eigenvalue weighted by atomic mass is 32.2. The molecule has 2 aromatic rings. The highest BCUT2D eigenvalue weighted by Gasteiger charge is 2.20. The van der Waals surface area contributed by atoms with Crippen LogP contribution in [0, 0.1) is 0 Å². The molecule has 0 bridgehead atoms. The molecule has 3 N–H and O–H groups in total. The van der Waals surface area contributed by atoms with E-state index in [2.05, 4.69) is 30.3 Å². The van der Waals surface area contributed by atoms with Gasteiger partial charge in [-0.1, -0.05) is 0 Å². The van der Waals surface area contributed by atoms with Crippen molar-refractivity contribution in [3.05, 3.63) is 23.9 Å². The van der Waals surface area contributed by atoms with Crippen LogP contribution < -0.4 is 10.0 Å². The lowest BCUT2D eigenvalue weighted by molar-refractivity contribution is 0.572. The number of H-pyrrole nitrogens is 1. The van der Waals surface area contributed by atoms with E-state index in [1.165, 1.54) is 17.2 Å². The molecule has 2 aromatic heterocycles. The minimum Gasteiger partial charge on any atom is -0.316 e. The molecule has 0 spiro atoms. The fourth-order valence-electron chi connectivity index (χ4n) is 1.54. The van der Waals surface area contributed by atoms with Crippen molar-refractivity contribution in [3.63, 3.8) is 0 Å². The van der Waals surface area contributed by atoms with Gasteiger partial charge in [-0.15, -0.1) is 0 Å². The van der Waals surface area contributed by atoms with Crippen LogP contribution in [0.2, 0.25) is 0 Å². The highest BCUT2D eigenvalue weighted by Crippen LogP contribution is 2.11. The van der Waals surface area contributed by atoms with Gasteiger partial charge in [0.1, 0.15) is 6.33 Å². The maximum Gasteiger partial charge on any atom is 0.258 e. The normalized spacial score (nSPS) is 11.9. The third-order valence-corrected chi connectivity index (χ3v) is 3.80. The van der Waals surface area contributed by atoms with Crippen molar-refractivity contribution < 1.29 is 8.42 Å². The molecule has 104 valence electrons. The largest absolute Gasteiger partial charge is 0.316 e. The van der Waals surface area contributed by atoms with E-state index >= 15 is 0 Å². The van der Waals surface area contributed by atoms with Gasteiger partial charge in [-0.25, -0.2) is 18.1 Å². The van der Waals surface area contributed by atoms with E-state index in [9.17, 15) is 8.42 Å². The van der Waals surface area contributed by atoms with Crippen molar-refractivity contribution >= 4 is 10.0 Å². The quantitative estimate of drug-likeness (QED) is 0.609. The molecule has 0 radical (unpaired) electrons. The lowest BCUT2D eigenvalue weighted by atomic mass is 10.4. The van der Waals surface area contributed by atoms with Gasteiger partial charge in [0.2, 0.25) is 0 Å². The second kappa shape index (κ2) is 5.47. The molecular weight excluding hydrogens is 270 g/mol. The maximum absolute atomic E-state index is 12.1. The molecule has 2 rings (SSSR count). The van der Waals surface area contributed by atoms with Crippen molar-refractivity contribution in [2.75, 3.05) is 7.05 Å². The van der Waals surface area contributed by atoms with Crippen LogP contribution in [-0.2, 0) is 30.2 Å². The summed E-state index contributed by atoms with van der Waals surface area (Å²) in [7, 11) is -0.212. The molecule has 10 heteroatoms. The maximum atomic E-state index is 12.1. The predicted molar refractivity (Wildman–Crippen MR) is 66.4 cm³/mol. The minimum atomic E-state index is -3.66. The minimum absolute atomic E-state index is 0.0290. The Kier molecular flexibility index (Phi) is 3.93. The fourth-order valence-corrected chi connectivity index (χ4v) is 2.65. The first-order chi connectivity index (χ1) is 9.03. The molecule has 0 saturated heterocycles. The van der Waals surface area contributed by atoms with E-state index in [1.54, 1.807) is 14.1 Å². The number of aromatic amines is 1. The standard InChI is InChI=1S/C9H15N7O2S/c1-10-3-7-4-12-14-9(7)19(17,18)13-5-8-11-6-16(2)15-8/h4,6,10,13H,3,5H2,1-2H3,(H,12,14). The van der Waals surface area contributed by atoms with Crippen LogP contribution in [0.4, 0.5) is 0 Å². The topological polar surface area (TPSA) is 118 Å². The summed E-state index contributed by atoms with van der Waals surface area (Å²) in [5.74, 6) is 0.403. The van der Waals surface area contributed by atoms with E-state index < -0.39 is 10.0 Å². The number of nitrogens with zero attached hydrogens (tertiary/aromatic N) is 4. The zero-order chi connectivity index (χ0) is 13.9. The van der Waals surface area contributed by atoms with Crippen LogP contribution in [0.25, 0.3) is 0 Å². The summed E-state index contributed by atoms with van der Waals surface area (Å²) in [6.07, 6.45) is 2.98. The Hall–Kier alpha value is -1.78. The molecule has 9 nitrogen and oxygen atoms in total. The molecule has 0 saturated carbocycles. The van der Waals surface area contributed by atoms with Gasteiger partial charge in [-0.2, -0.15) is 10.2 Å². The summed E-state index contributed by atoms with van der Waals surface area (Å²) in [5.41, 5.74) is 0.573. The number of rotatable bonds is 6. The second-order valence-corrected chi connectivity index (χ2v) is 5.62. The van der Waals surface area contributed by atoms with Crippen molar-refractivity contribution in [2.45, 2.75) is 18.1 Å². The van der Waals surface area contributed by atoms with E-state index in [4.69, 9.17) is 0 Å². The molecule has 0 fully saturated rings. The summed E-state index contributed by atoms with van der Waals surface area (Å²) < 4.78 is 28.1. The first kappa shape index (κ1) is 13.6. The third-order valence-electron chi connectivity index (χ3n) is 2.38. The average molecular weight is 285 g/mol. The predicted octanol–water partition coefficient (Wildman–Crippen LogP) is -1.26. The van der Waals surface area contributed by atoms with Crippen molar-refractivity contribution in [2.24, 2.45) is 7.05 Å². The molecule has 0 atom stereocenters. The molecular formula is C9H15N7O2S. The van der Waals surface area contributed by atoms with Crippen molar-refractivity contribution in [1.29, 1.82) is 0 Å². The summed E-state index contributed by atoms with van der Waals surface area (Å²) in [6, 6.07) is 0. The monoisotopic (exact) mass is 285 g/mol. The van der Waals surface area contributed by atoms with Crippen LogP contribution in [-0.4, -0.2) is 40.4 Å². The molecule has 0 aliphatic rings. The van der Waals surface area contributed by atoms with Crippen molar-refractivity contribution in [3.8, 4) is 0 Å². The van der Waals surface area contributed by atoms with Crippen LogP contribution in [0.3, 0.4) is 0 Å². The Balaban J connectivity index is 2.11. The second-order valence-electron chi connectivity index (χ2n) is 3.91. The van der Waals surface area contributed by atoms with Gasteiger partial charge < -0.3 is 5.32 Å². The van der Waals surface area contributed by atoms with E-state index in [0.29, 0.717) is 17.9 Å². The summed E-state index contributed by atoms with van der Waals surface area (Å²) >= 11 is 0. The molecule has 0 amide bonds. The van der Waals surface area contributed by atoms with Crippen LogP contribution in [0.15, 0.2) is 17.6 Å². The Labute approximate surface area is 110 Å². The highest BCUT2D eigenvalue weighted by molar-refractivity contribution is 7.89. The number of sulfonamides is 1. The Morgan fingerprint density at radius 2 is 2.21 bits per heavy atom. The van der Waals surface area contributed by atoms with Crippen LogP contribution in [0.5, 0.6) is 0 Å². The zero-order valence-corrected chi connectivity index (χ0v) is 11.4. The van der Waals surface area contributed by atoms with Gasteiger partial charge in [0.15, 0.2) is 10.9 Å². The zero-order valence-electron chi connectivity index (χ0n) is 10.6. The molecule has 0 aliphatic carbocycles. The molecule has 19 heavy (non-hydrogen) atoms. The number of aromatic nitrogens is 5. The molecule has 0 aliphatic heterocycles. The van der Waals surface area contributed by atoms with Gasteiger partial charge in [0.25, 0.3) is 10.0 Å². The van der Waals surface area contributed by atoms with Gasteiger partial charge in [0.05, 0.1) is 12.7 Å². The number of nitrogens with one attached hydrogen (secondary N) is 3. The summed E-state index contributed by atoms with van der Waals surface area (Å²) in [4.78, 5) is 3.95. The van der Waals surface area contributed by atoms with Gasteiger partial charge in [-0.05, 0) is 7.05 Å². The first-order valence-electron chi connectivity index (χ1n) is 5.54. The smallest absolute Gasteiger partial charge is 0.258 e. The lowest BCUT2D eigenvalue weighted by Gasteiger charge is -2.05. The lowest BCUT2D eigenvalue weighted by Crippen LogP contribution is -2.25. The summed E-state index contributed by atoms with van der Waals surface area (Å²) in [6.45, 7) is 0.440. The molecule has 0 unspecified atom stereocenters. The fraction of sp³-hybridized carbons (Fsp3) is 0.444. The van der Waals surface area contributed by atoms with Gasteiger partial charge >= 0.3 is 0 Å². The Morgan fingerprint density at radius 3 is 2.84 bits per heavy atom. The Morgan fingerprint density at radius 1 is 1.42 bits per heavy atom. The number of hydrogen-bond acceptors (Lipinski definition) is 6. The average Bonchev–Trinajstić information content (AvgIpc) is 2.97. The third kappa shape index (κ3) is 3.16. The van der Waals surface area contributed by atoms with Crippen molar-refractivity contribution in [1.82, 2.24) is 35.0 Å². The SMILES string of the molecule is CNCc1cn[nH]c1S(=O)(=O)NCc1ncn(C)n1. The summed E-state index contributed by atoms with van der Waals surface area (Å²) in [5, 5.41) is 13.2. The number of aryl methyl sites for hydroxylation is 1. The van der Waals surface area contributed by atoms with E-state index in [0.717, 1.165) is 0 Å². The number of hydrogen-bond donors (Lipinski definition) is 3. The van der Waals surface area contributed by atoms with Crippen LogP contribution >= 0.6 is 0 Å². The van der Waals surface area contributed by atoms with Gasteiger partial charge in [0, 0.05) is 19.2 Å². The van der Waals surface area contributed by atoms with E-state index in [-0.39, 0.29) is 11.6 Å². The van der Waals surface area contributed by atoms with Gasteiger partial charge in [-0.3, -0.25) is 9.78 Å². The Bertz CT molecular complexity index is 645. The molecule has 2 heterocycles. The first-order valence-corrected chi connectivity index (χ1v) is 7.02.